The van der Waals surface area contributed by atoms with Gasteiger partial charge in [-0.2, -0.15) is 0 Å². The maximum absolute atomic E-state index is 13.0. The number of aryl methyl sites for hydroxylation is 1. The van der Waals surface area contributed by atoms with E-state index in [1.807, 2.05) is 60.2 Å². The maximum atomic E-state index is 13.0. The molecule has 0 aliphatic rings. The van der Waals surface area contributed by atoms with Gasteiger partial charge in [0.05, 0.1) is 35.2 Å². The molecule has 0 radical (unpaired) electrons. The molecule has 36 heavy (non-hydrogen) atoms. The van der Waals surface area contributed by atoms with Gasteiger partial charge in [0, 0.05) is 30.9 Å². The Balaban J connectivity index is 1.54. The minimum absolute atomic E-state index is 0.140. The number of benzene rings is 2. The van der Waals surface area contributed by atoms with Crippen molar-refractivity contribution >= 4 is 16.7 Å². The van der Waals surface area contributed by atoms with Gasteiger partial charge in [-0.3, -0.25) is 4.79 Å². The third kappa shape index (κ3) is 4.79. The summed E-state index contributed by atoms with van der Waals surface area (Å²) in [6, 6.07) is 15.1. The van der Waals surface area contributed by atoms with Crippen molar-refractivity contribution in [1.29, 1.82) is 0 Å². The van der Waals surface area contributed by atoms with Crippen LogP contribution in [0.1, 0.15) is 17.5 Å². The summed E-state index contributed by atoms with van der Waals surface area (Å²) in [5.74, 6) is 0.426. The van der Waals surface area contributed by atoms with Crippen molar-refractivity contribution in [2.24, 2.45) is 0 Å². The molecule has 3 aromatic heterocycles. The molecule has 0 fully saturated rings. The Morgan fingerprint density at radius 2 is 2.00 bits per heavy atom. The molecule has 5 rings (SSSR count). The van der Waals surface area contributed by atoms with Crippen LogP contribution in [0.25, 0.3) is 28.1 Å². The van der Waals surface area contributed by atoms with Gasteiger partial charge in [0.1, 0.15) is 11.4 Å². The molecule has 2 atom stereocenters. The van der Waals surface area contributed by atoms with E-state index in [2.05, 4.69) is 20.3 Å². The standard InChI is InChI=1S/C27H28N6O3/c1-17-13-19(33-11-10-28-16-33)15-22-25(17)32-26(31-22)24-20(7-9-29-27(24)36)30-21(23(35)8-12-34)14-18-5-3-2-4-6-18/h2-7,9-11,13,15-16,21,23,34-35H,8,12,14H2,1H3,(H,31,32)(H2,29,30,36)/t21-,23+/m0/s1. The third-order valence-corrected chi connectivity index (χ3v) is 6.29. The van der Waals surface area contributed by atoms with Gasteiger partial charge in [0.25, 0.3) is 5.56 Å². The molecular weight excluding hydrogens is 456 g/mol. The molecule has 0 aliphatic heterocycles. The number of aliphatic hydroxyl groups excluding tert-OH is 2. The van der Waals surface area contributed by atoms with Crippen molar-refractivity contribution < 1.29 is 10.2 Å². The monoisotopic (exact) mass is 484 g/mol. The number of aromatic amines is 2. The van der Waals surface area contributed by atoms with Crippen LogP contribution < -0.4 is 10.9 Å². The van der Waals surface area contributed by atoms with Gasteiger partial charge >= 0.3 is 0 Å². The lowest BCUT2D eigenvalue weighted by Gasteiger charge is -2.26. The van der Waals surface area contributed by atoms with Gasteiger partial charge in [-0.05, 0) is 49.1 Å². The number of aromatic nitrogens is 5. The highest BCUT2D eigenvalue weighted by atomic mass is 16.3. The van der Waals surface area contributed by atoms with E-state index < -0.39 is 12.1 Å². The molecule has 0 aliphatic carbocycles. The second-order valence-electron chi connectivity index (χ2n) is 8.83. The number of imidazole rings is 2. The lowest BCUT2D eigenvalue weighted by Crippen LogP contribution is -2.37. The fraction of sp³-hybridized carbons (Fsp3) is 0.222. The quantitative estimate of drug-likeness (QED) is 0.218. The summed E-state index contributed by atoms with van der Waals surface area (Å²) in [7, 11) is 0. The van der Waals surface area contributed by atoms with Crippen LogP contribution in [0, 0.1) is 6.92 Å². The summed E-state index contributed by atoms with van der Waals surface area (Å²) >= 11 is 0. The largest absolute Gasteiger partial charge is 0.396 e. The first-order valence-electron chi connectivity index (χ1n) is 11.8. The van der Waals surface area contributed by atoms with Crippen molar-refractivity contribution in [3.8, 4) is 17.1 Å². The number of aliphatic hydroxyl groups is 2. The Bertz CT molecular complexity index is 1510. The predicted octanol–water partition coefficient (Wildman–Crippen LogP) is 3.18. The van der Waals surface area contributed by atoms with Crippen LogP contribution in [0.2, 0.25) is 0 Å². The molecule has 0 spiro atoms. The first kappa shape index (κ1) is 23.5. The summed E-state index contributed by atoms with van der Waals surface area (Å²) in [5, 5.41) is 23.6. The van der Waals surface area contributed by atoms with E-state index in [4.69, 9.17) is 4.98 Å². The summed E-state index contributed by atoms with van der Waals surface area (Å²) in [6.07, 6.45) is 6.79. The van der Waals surface area contributed by atoms with Crippen LogP contribution in [-0.4, -0.2) is 53.5 Å². The van der Waals surface area contributed by atoms with Crippen LogP contribution in [-0.2, 0) is 6.42 Å². The van der Waals surface area contributed by atoms with Gasteiger partial charge in [0.15, 0.2) is 0 Å². The average molecular weight is 485 g/mol. The van der Waals surface area contributed by atoms with Crippen LogP contribution in [0.15, 0.2) is 78.2 Å². The molecule has 2 aromatic carbocycles. The highest BCUT2D eigenvalue weighted by molar-refractivity contribution is 5.86. The normalized spacial score (nSPS) is 13.1. The summed E-state index contributed by atoms with van der Waals surface area (Å²) < 4.78 is 1.91. The summed E-state index contributed by atoms with van der Waals surface area (Å²) in [4.78, 5) is 27.9. The molecular formula is C27H28N6O3. The zero-order valence-electron chi connectivity index (χ0n) is 19.8. The van der Waals surface area contributed by atoms with Crippen molar-refractivity contribution in [2.75, 3.05) is 11.9 Å². The minimum atomic E-state index is -0.821. The molecule has 9 nitrogen and oxygen atoms in total. The van der Waals surface area contributed by atoms with E-state index >= 15 is 0 Å². The summed E-state index contributed by atoms with van der Waals surface area (Å²) in [5.41, 5.74) is 5.08. The van der Waals surface area contributed by atoms with E-state index in [-0.39, 0.29) is 18.6 Å². The maximum Gasteiger partial charge on any atom is 0.261 e. The number of hydrogen-bond donors (Lipinski definition) is 5. The number of fused-ring (bicyclic) bond motifs is 1. The van der Waals surface area contributed by atoms with Crippen LogP contribution in [0.3, 0.4) is 0 Å². The molecule has 5 N–H and O–H groups in total. The molecule has 5 aromatic rings. The van der Waals surface area contributed by atoms with Crippen LogP contribution >= 0.6 is 0 Å². The first-order chi connectivity index (χ1) is 17.5. The number of pyridine rings is 1. The number of H-pyrrole nitrogens is 2. The highest BCUT2D eigenvalue weighted by Crippen LogP contribution is 2.28. The Hall–Kier alpha value is -4.21. The van der Waals surface area contributed by atoms with Crippen molar-refractivity contribution in [1.82, 2.24) is 24.5 Å². The SMILES string of the molecule is Cc1cc(-n2ccnc2)cc2[nH]c(-c3c(N[C@@H](Cc4ccccc4)[C@H](O)CCO)cc[nH]c3=O)nc12. The Kier molecular flexibility index (Phi) is 6.66. The number of nitrogens with zero attached hydrogens (tertiary/aromatic N) is 3. The molecule has 0 saturated heterocycles. The van der Waals surface area contributed by atoms with Crippen LogP contribution in [0.5, 0.6) is 0 Å². The molecule has 184 valence electrons. The molecule has 9 heteroatoms. The second-order valence-corrected chi connectivity index (χ2v) is 8.83. The zero-order valence-corrected chi connectivity index (χ0v) is 19.8. The van der Waals surface area contributed by atoms with Gasteiger partial charge in [0.2, 0.25) is 0 Å². The number of nitrogens with one attached hydrogen (secondary N) is 3. The van der Waals surface area contributed by atoms with Gasteiger partial charge in [-0.1, -0.05) is 30.3 Å². The zero-order chi connectivity index (χ0) is 25.1. The highest BCUT2D eigenvalue weighted by Gasteiger charge is 2.23. The fourth-order valence-electron chi connectivity index (χ4n) is 4.47. The smallest absolute Gasteiger partial charge is 0.261 e. The fourth-order valence-corrected chi connectivity index (χ4v) is 4.47. The Morgan fingerprint density at radius 3 is 2.75 bits per heavy atom. The summed E-state index contributed by atoms with van der Waals surface area (Å²) in [6.45, 7) is 1.83. The first-order valence-corrected chi connectivity index (χ1v) is 11.8. The van der Waals surface area contributed by atoms with E-state index in [9.17, 15) is 15.0 Å². The van der Waals surface area contributed by atoms with Crippen molar-refractivity contribution in [3.05, 3.63) is 94.9 Å². The second kappa shape index (κ2) is 10.2. The third-order valence-electron chi connectivity index (χ3n) is 6.29. The lowest BCUT2D eigenvalue weighted by molar-refractivity contribution is 0.115. The Labute approximate surface area is 207 Å². The number of anilines is 1. The lowest BCUT2D eigenvalue weighted by atomic mass is 9.98. The van der Waals surface area contributed by atoms with Gasteiger partial charge < -0.3 is 30.1 Å². The van der Waals surface area contributed by atoms with E-state index in [0.717, 1.165) is 27.8 Å². The predicted molar refractivity (Wildman–Crippen MR) is 139 cm³/mol. The van der Waals surface area contributed by atoms with E-state index in [1.165, 1.54) is 0 Å². The topological polar surface area (TPSA) is 132 Å². The molecule has 0 amide bonds. The molecule has 0 saturated carbocycles. The van der Waals surface area contributed by atoms with E-state index in [1.54, 1.807) is 24.8 Å². The van der Waals surface area contributed by atoms with E-state index in [0.29, 0.717) is 23.5 Å². The number of rotatable bonds is 9. The van der Waals surface area contributed by atoms with Crippen LogP contribution in [0.4, 0.5) is 5.69 Å². The number of hydrogen-bond acceptors (Lipinski definition) is 6. The Morgan fingerprint density at radius 1 is 1.17 bits per heavy atom. The van der Waals surface area contributed by atoms with Gasteiger partial charge in [-0.15, -0.1) is 0 Å². The van der Waals surface area contributed by atoms with Crippen molar-refractivity contribution in [2.45, 2.75) is 31.9 Å². The van der Waals surface area contributed by atoms with Crippen molar-refractivity contribution in [3.63, 3.8) is 0 Å². The molecule has 0 unspecified atom stereocenters. The molecule has 3 heterocycles. The van der Waals surface area contributed by atoms with Gasteiger partial charge in [-0.25, -0.2) is 9.97 Å². The average Bonchev–Trinajstić information content (AvgIpc) is 3.55. The molecule has 0 bridgehead atoms. The minimum Gasteiger partial charge on any atom is -0.396 e.